The van der Waals surface area contributed by atoms with Crippen molar-refractivity contribution >= 4 is 52.0 Å². The Bertz CT molecular complexity index is 1500. The van der Waals surface area contributed by atoms with Crippen LogP contribution in [0.15, 0.2) is 94.3 Å². The van der Waals surface area contributed by atoms with Crippen molar-refractivity contribution in [2.45, 2.75) is 29.9 Å². The van der Waals surface area contributed by atoms with Crippen molar-refractivity contribution < 1.29 is 23.9 Å². The summed E-state index contributed by atoms with van der Waals surface area (Å²) in [6, 6.07) is 22.1. The van der Waals surface area contributed by atoms with Crippen molar-refractivity contribution in [1.82, 2.24) is 4.98 Å². The Labute approximate surface area is 229 Å². The fourth-order valence-electron chi connectivity index (χ4n) is 4.42. The number of anilines is 2. The predicted octanol–water partition coefficient (Wildman–Crippen LogP) is 6.22. The molecule has 8 nitrogen and oxygen atoms in total. The van der Waals surface area contributed by atoms with Crippen LogP contribution in [0.5, 0.6) is 0 Å². The molecule has 4 aromatic rings. The first kappa shape index (κ1) is 26.2. The lowest BCUT2D eigenvalue weighted by molar-refractivity contribution is -0.146. The molecule has 0 fully saturated rings. The smallest absolute Gasteiger partial charge is 0.307 e. The maximum absolute atomic E-state index is 12.8. The third kappa shape index (κ3) is 6.21. The van der Waals surface area contributed by atoms with Gasteiger partial charge in [-0.05, 0) is 80.4 Å². The highest BCUT2D eigenvalue weighted by molar-refractivity contribution is 8.00. The van der Waals surface area contributed by atoms with Gasteiger partial charge in [0.25, 0.3) is 0 Å². The van der Waals surface area contributed by atoms with E-state index >= 15 is 0 Å². The summed E-state index contributed by atoms with van der Waals surface area (Å²) < 4.78 is 5.80. The Morgan fingerprint density at radius 1 is 0.897 bits per heavy atom. The fraction of sp³-hybridized carbons (Fsp3) is 0.200. The molecule has 3 N–H and O–H groups in total. The molecule has 39 heavy (non-hydrogen) atoms. The molecule has 2 amide bonds. The number of carboxylic acids is 1. The van der Waals surface area contributed by atoms with Crippen molar-refractivity contribution in [3.8, 4) is 11.5 Å². The summed E-state index contributed by atoms with van der Waals surface area (Å²) in [6.07, 6.45) is 4.41. The highest BCUT2D eigenvalue weighted by Gasteiger charge is 2.34. The quantitative estimate of drug-likeness (QED) is 0.179. The molecule has 0 saturated carbocycles. The largest absolute Gasteiger partial charge is 0.481 e. The van der Waals surface area contributed by atoms with Gasteiger partial charge in [0.2, 0.25) is 17.7 Å². The number of aliphatic carboxylic acids is 1. The van der Waals surface area contributed by atoms with Crippen molar-refractivity contribution in [3.05, 3.63) is 84.9 Å². The number of amides is 2. The molecular weight excluding hydrogens is 514 g/mol. The standard InChI is InChI=1S/C30H27N3O5S/c1-18(27(34)31-20-12-10-19(11-13-20)29-33-25-8-4-5-9-26(25)38-29)39-22-16-14-21(15-17-22)32-28(35)23-6-2-3-7-24(23)30(36)37/h2-5,8-18,23-24H,6-7H2,1H3,(H,31,34)(H,32,35)(H,36,37). The van der Waals surface area contributed by atoms with Crippen LogP contribution in [-0.2, 0) is 14.4 Å². The number of hydrogen-bond donors (Lipinski definition) is 3. The van der Waals surface area contributed by atoms with E-state index in [9.17, 15) is 19.5 Å². The minimum atomic E-state index is -0.960. The van der Waals surface area contributed by atoms with E-state index in [1.54, 1.807) is 18.2 Å². The maximum Gasteiger partial charge on any atom is 0.307 e. The van der Waals surface area contributed by atoms with Gasteiger partial charge in [-0.2, -0.15) is 0 Å². The Kier molecular flexibility index (Phi) is 7.79. The van der Waals surface area contributed by atoms with Gasteiger partial charge in [-0.1, -0.05) is 24.3 Å². The summed E-state index contributed by atoms with van der Waals surface area (Å²) in [6.45, 7) is 1.82. The van der Waals surface area contributed by atoms with Gasteiger partial charge in [-0.25, -0.2) is 4.98 Å². The van der Waals surface area contributed by atoms with Crippen LogP contribution in [-0.4, -0.2) is 33.1 Å². The Morgan fingerprint density at radius 2 is 1.54 bits per heavy atom. The molecule has 1 aliphatic carbocycles. The van der Waals surface area contributed by atoms with Gasteiger partial charge in [-0.15, -0.1) is 11.8 Å². The van der Waals surface area contributed by atoms with E-state index in [0.717, 1.165) is 21.6 Å². The van der Waals surface area contributed by atoms with Crippen LogP contribution in [0.25, 0.3) is 22.6 Å². The Hall–Kier alpha value is -4.37. The van der Waals surface area contributed by atoms with Crippen LogP contribution in [0.3, 0.4) is 0 Å². The molecule has 0 radical (unpaired) electrons. The number of nitrogens with one attached hydrogen (secondary N) is 2. The van der Waals surface area contributed by atoms with Gasteiger partial charge in [0.1, 0.15) is 5.52 Å². The normalized spacial score (nSPS) is 17.5. The zero-order valence-corrected chi connectivity index (χ0v) is 22.0. The van der Waals surface area contributed by atoms with Crippen LogP contribution in [0.4, 0.5) is 11.4 Å². The number of para-hydroxylation sites is 2. The number of aromatic nitrogens is 1. The van der Waals surface area contributed by atoms with Gasteiger partial charge in [-0.3, -0.25) is 14.4 Å². The number of hydrogen-bond acceptors (Lipinski definition) is 6. The van der Waals surface area contributed by atoms with Crippen molar-refractivity contribution in [1.29, 1.82) is 0 Å². The van der Waals surface area contributed by atoms with E-state index in [4.69, 9.17) is 4.42 Å². The fourth-order valence-corrected chi connectivity index (χ4v) is 5.29. The lowest BCUT2D eigenvalue weighted by Crippen LogP contribution is -2.34. The number of benzene rings is 3. The van der Waals surface area contributed by atoms with E-state index < -0.39 is 17.8 Å². The number of carboxylic acid groups (broad SMARTS) is 1. The van der Waals surface area contributed by atoms with E-state index in [2.05, 4.69) is 15.6 Å². The number of fused-ring (bicyclic) bond motifs is 1. The molecule has 3 aromatic carbocycles. The number of thioether (sulfide) groups is 1. The zero-order chi connectivity index (χ0) is 27.4. The molecule has 0 aliphatic heterocycles. The Balaban J connectivity index is 1.14. The molecule has 0 saturated heterocycles. The molecule has 0 bridgehead atoms. The van der Waals surface area contributed by atoms with Crippen molar-refractivity contribution in [3.63, 3.8) is 0 Å². The van der Waals surface area contributed by atoms with Crippen molar-refractivity contribution in [2.75, 3.05) is 10.6 Å². The van der Waals surface area contributed by atoms with Gasteiger partial charge in [0.15, 0.2) is 5.58 Å². The second-order valence-electron chi connectivity index (χ2n) is 9.32. The monoisotopic (exact) mass is 541 g/mol. The number of carbonyl (C=O) groups excluding carboxylic acids is 2. The minimum Gasteiger partial charge on any atom is -0.481 e. The van der Waals surface area contributed by atoms with Crippen LogP contribution in [0.2, 0.25) is 0 Å². The van der Waals surface area contributed by atoms with E-state index in [1.807, 2.05) is 73.7 Å². The lowest BCUT2D eigenvalue weighted by Gasteiger charge is -2.24. The number of nitrogens with zero attached hydrogens (tertiary/aromatic N) is 1. The highest BCUT2D eigenvalue weighted by atomic mass is 32.2. The van der Waals surface area contributed by atoms with Crippen LogP contribution >= 0.6 is 11.8 Å². The molecule has 1 aliphatic rings. The maximum atomic E-state index is 12.8. The first-order chi connectivity index (χ1) is 18.9. The van der Waals surface area contributed by atoms with Crippen LogP contribution in [0.1, 0.15) is 19.8 Å². The SMILES string of the molecule is CC(Sc1ccc(NC(=O)C2CC=CCC2C(=O)O)cc1)C(=O)Nc1ccc(-c2nc3ccccc3o2)cc1. The third-order valence-electron chi connectivity index (χ3n) is 6.58. The topological polar surface area (TPSA) is 122 Å². The molecule has 9 heteroatoms. The number of allylic oxidation sites excluding steroid dienone is 2. The lowest BCUT2D eigenvalue weighted by atomic mass is 9.82. The number of rotatable bonds is 8. The van der Waals surface area contributed by atoms with Gasteiger partial charge in [0.05, 0.1) is 17.1 Å². The molecule has 1 heterocycles. The number of oxazole rings is 1. The van der Waals surface area contributed by atoms with Gasteiger partial charge in [0, 0.05) is 21.8 Å². The summed E-state index contributed by atoms with van der Waals surface area (Å²) in [4.78, 5) is 42.3. The third-order valence-corrected chi connectivity index (χ3v) is 7.70. The van der Waals surface area contributed by atoms with E-state index in [0.29, 0.717) is 30.1 Å². The molecule has 3 atom stereocenters. The van der Waals surface area contributed by atoms with Crippen LogP contribution < -0.4 is 10.6 Å². The second kappa shape index (κ2) is 11.6. The van der Waals surface area contributed by atoms with Crippen molar-refractivity contribution in [2.24, 2.45) is 11.8 Å². The van der Waals surface area contributed by atoms with E-state index in [-0.39, 0.29) is 17.1 Å². The molecule has 3 unspecified atom stereocenters. The second-order valence-corrected chi connectivity index (χ2v) is 10.7. The summed E-state index contributed by atoms with van der Waals surface area (Å²) in [5.41, 5.74) is 3.58. The zero-order valence-electron chi connectivity index (χ0n) is 21.2. The molecule has 1 aromatic heterocycles. The number of carbonyl (C=O) groups is 3. The molecule has 5 rings (SSSR count). The highest BCUT2D eigenvalue weighted by Crippen LogP contribution is 2.30. The summed E-state index contributed by atoms with van der Waals surface area (Å²) in [5.74, 6) is -2.21. The predicted molar refractivity (Wildman–Crippen MR) is 151 cm³/mol. The first-order valence-corrected chi connectivity index (χ1v) is 13.5. The average molecular weight is 542 g/mol. The summed E-state index contributed by atoms with van der Waals surface area (Å²) >= 11 is 1.40. The van der Waals surface area contributed by atoms with Gasteiger partial charge >= 0.3 is 5.97 Å². The van der Waals surface area contributed by atoms with E-state index in [1.165, 1.54) is 11.8 Å². The Morgan fingerprint density at radius 3 is 2.23 bits per heavy atom. The minimum absolute atomic E-state index is 0.142. The van der Waals surface area contributed by atoms with Gasteiger partial charge < -0.3 is 20.2 Å². The average Bonchev–Trinajstić information content (AvgIpc) is 3.39. The van der Waals surface area contributed by atoms with Crippen LogP contribution in [0, 0.1) is 11.8 Å². The summed E-state index contributed by atoms with van der Waals surface area (Å²) in [5, 5.41) is 14.8. The molecule has 0 spiro atoms. The first-order valence-electron chi connectivity index (χ1n) is 12.6. The molecule has 198 valence electrons. The molecular formula is C30H27N3O5S. The summed E-state index contributed by atoms with van der Waals surface area (Å²) in [7, 11) is 0.